The maximum absolute atomic E-state index is 6.27. The van der Waals surface area contributed by atoms with Crippen molar-refractivity contribution < 1.29 is 0 Å². The SMILES string of the molecule is Clc1ccc(-n2c(Cl)cc3ccccc32)cc1. The van der Waals surface area contributed by atoms with Crippen LogP contribution in [-0.4, -0.2) is 4.57 Å². The number of hydrogen-bond acceptors (Lipinski definition) is 0. The zero-order valence-electron chi connectivity index (χ0n) is 8.90. The van der Waals surface area contributed by atoms with E-state index < -0.39 is 0 Å². The Labute approximate surface area is 109 Å². The summed E-state index contributed by atoms with van der Waals surface area (Å²) in [5.41, 5.74) is 2.11. The van der Waals surface area contributed by atoms with Crippen LogP contribution in [0.15, 0.2) is 54.6 Å². The number of fused-ring (bicyclic) bond motifs is 1. The van der Waals surface area contributed by atoms with Gasteiger partial charge in [0.2, 0.25) is 0 Å². The Morgan fingerprint density at radius 3 is 2.29 bits per heavy atom. The summed E-state index contributed by atoms with van der Waals surface area (Å²) in [5.74, 6) is 0. The average Bonchev–Trinajstić information content (AvgIpc) is 2.66. The molecule has 1 aromatic heterocycles. The van der Waals surface area contributed by atoms with Crippen LogP contribution in [0.2, 0.25) is 10.2 Å². The van der Waals surface area contributed by atoms with Gasteiger partial charge in [-0.1, -0.05) is 41.4 Å². The Kier molecular flexibility index (Phi) is 2.58. The van der Waals surface area contributed by atoms with Crippen LogP contribution in [0.5, 0.6) is 0 Å². The molecule has 0 fully saturated rings. The zero-order valence-corrected chi connectivity index (χ0v) is 10.4. The highest BCUT2D eigenvalue weighted by Crippen LogP contribution is 2.27. The largest absolute Gasteiger partial charge is 0.300 e. The van der Waals surface area contributed by atoms with Crippen molar-refractivity contribution in [1.82, 2.24) is 4.57 Å². The fourth-order valence-electron chi connectivity index (χ4n) is 1.97. The molecule has 3 aromatic rings. The van der Waals surface area contributed by atoms with Gasteiger partial charge in [-0.25, -0.2) is 0 Å². The second-order valence-electron chi connectivity index (χ2n) is 3.84. The Hall–Kier alpha value is -1.44. The monoisotopic (exact) mass is 261 g/mol. The summed E-state index contributed by atoms with van der Waals surface area (Å²) in [4.78, 5) is 0. The van der Waals surface area contributed by atoms with Gasteiger partial charge >= 0.3 is 0 Å². The van der Waals surface area contributed by atoms with Crippen LogP contribution in [0.1, 0.15) is 0 Å². The number of halogens is 2. The van der Waals surface area contributed by atoms with Crippen molar-refractivity contribution in [2.45, 2.75) is 0 Å². The van der Waals surface area contributed by atoms with Crippen molar-refractivity contribution in [2.75, 3.05) is 0 Å². The predicted molar refractivity (Wildman–Crippen MR) is 73.3 cm³/mol. The third kappa shape index (κ3) is 1.82. The topological polar surface area (TPSA) is 4.93 Å². The molecule has 0 saturated heterocycles. The van der Waals surface area contributed by atoms with Crippen molar-refractivity contribution in [3.8, 4) is 5.69 Å². The quantitative estimate of drug-likeness (QED) is 0.585. The number of benzene rings is 2. The standard InChI is InChI=1S/C14H9Cl2N/c15-11-5-7-12(8-6-11)17-13-4-2-1-3-10(13)9-14(17)16/h1-9H. The number of rotatable bonds is 1. The van der Waals surface area contributed by atoms with Gasteiger partial charge in [-0.15, -0.1) is 0 Å². The second kappa shape index (κ2) is 4.10. The molecule has 0 aliphatic carbocycles. The molecular formula is C14H9Cl2N. The molecule has 0 spiro atoms. The highest BCUT2D eigenvalue weighted by molar-refractivity contribution is 6.31. The van der Waals surface area contributed by atoms with Crippen LogP contribution in [0.3, 0.4) is 0 Å². The molecule has 0 unspecified atom stereocenters. The first-order valence-corrected chi connectivity index (χ1v) is 6.03. The molecule has 2 aromatic carbocycles. The molecule has 0 atom stereocenters. The van der Waals surface area contributed by atoms with E-state index in [1.807, 2.05) is 53.1 Å². The zero-order chi connectivity index (χ0) is 11.8. The number of hydrogen-bond donors (Lipinski definition) is 0. The van der Waals surface area contributed by atoms with Crippen LogP contribution < -0.4 is 0 Å². The molecule has 17 heavy (non-hydrogen) atoms. The molecule has 0 N–H and O–H groups in total. The smallest absolute Gasteiger partial charge is 0.114 e. The van der Waals surface area contributed by atoms with Gasteiger partial charge in [-0.2, -0.15) is 0 Å². The lowest BCUT2D eigenvalue weighted by atomic mass is 10.2. The predicted octanol–water partition coefficient (Wildman–Crippen LogP) is 4.94. The van der Waals surface area contributed by atoms with Crippen LogP contribution >= 0.6 is 23.2 Å². The van der Waals surface area contributed by atoms with E-state index >= 15 is 0 Å². The van der Waals surface area contributed by atoms with E-state index in [0.717, 1.165) is 21.6 Å². The first-order valence-electron chi connectivity index (χ1n) is 5.27. The van der Waals surface area contributed by atoms with E-state index in [9.17, 15) is 0 Å². The molecule has 3 heteroatoms. The highest BCUT2D eigenvalue weighted by atomic mass is 35.5. The van der Waals surface area contributed by atoms with Crippen LogP contribution in [0, 0.1) is 0 Å². The van der Waals surface area contributed by atoms with Crippen molar-refractivity contribution in [3.05, 3.63) is 64.8 Å². The summed E-state index contributed by atoms with van der Waals surface area (Å²) in [6.07, 6.45) is 0. The van der Waals surface area contributed by atoms with Crippen molar-refractivity contribution in [1.29, 1.82) is 0 Å². The maximum Gasteiger partial charge on any atom is 0.114 e. The van der Waals surface area contributed by atoms with E-state index in [4.69, 9.17) is 23.2 Å². The summed E-state index contributed by atoms with van der Waals surface area (Å²) in [7, 11) is 0. The van der Waals surface area contributed by atoms with Crippen LogP contribution in [-0.2, 0) is 0 Å². The fraction of sp³-hybridized carbons (Fsp3) is 0. The Balaban J connectivity index is 2.29. The van der Waals surface area contributed by atoms with Gasteiger partial charge in [0.05, 0.1) is 5.52 Å². The van der Waals surface area contributed by atoms with E-state index in [2.05, 4.69) is 6.07 Å². The molecule has 0 amide bonds. The van der Waals surface area contributed by atoms with Crippen molar-refractivity contribution >= 4 is 34.1 Å². The molecule has 0 aliphatic heterocycles. The van der Waals surface area contributed by atoms with Gasteiger partial charge in [0.15, 0.2) is 0 Å². The molecule has 1 nitrogen and oxygen atoms in total. The molecular weight excluding hydrogens is 253 g/mol. The van der Waals surface area contributed by atoms with Gasteiger partial charge in [0.25, 0.3) is 0 Å². The summed E-state index contributed by atoms with van der Waals surface area (Å²) in [6.45, 7) is 0. The first-order chi connectivity index (χ1) is 8.25. The van der Waals surface area contributed by atoms with Gasteiger partial charge < -0.3 is 4.57 Å². The molecule has 3 rings (SSSR count). The lowest BCUT2D eigenvalue weighted by Gasteiger charge is -2.07. The molecule has 0 saturated carbocycles. The summed E-state index contributed by atoms with van der Waals surface area (Å²) >= 11 is 12.2. The number of aromatic nitrogens is 1. The Bertz CT molecular complexity index is 668. The Morgan fingerprint density at radius 2 is 1.53 bits per heavy atom. The summed E-state index contributed by atoms with van der Waals surface area (Å²) in [6, 6.07) is 17.7. The van der Waals surface area contributed by atoms with E-state index in [1.54, 1.807) is 0 Å². The highest BCUT2D eigenvalue weighted by Gasteiger charge is 2.07. The van der Waals surface area contributed by atoms with Crippen LogP contribution in [0.25, 0.3) is 16.6 Å². The second-order valence-corrected chi connectivity index (χ2v) is 4.66. The molecule has 0 bridgehead atoms. The maximum atomic E-state index is 6.27. The van der Waals surface area contributed by atoms with E-state index in [-0.39, 0.29) is 0 Å². The van der Waals surface area contributed by atoms with Gasteiger partial charge in [-0.05, 0) is 36.4 Å². The average molecular weight is 262 g/mol. The lowest BCUT2D eigenvalue weighted by Crippen LogP contribution is -1.92. The minimum Gasteiger partial charge on any atom is -0.300 e. The minimum absolute atomic E-state index is 0.702. The number of nitrogens with zero attached hydrogens (tertiary/aromatic N) is 1. The molecule has 0 aliphatic rings. The summed E-state index contributed by atoms with van der Waals surface area (Å²) < 4.78 is 2.01. The third-order valence-electron chi connectivity index (χ3n) is 2.75. The van der Waals surface area contributed by atoms with Crippen molar-refractivity contribution in [3.63, 3.8) is 0 Å². The van der Waals surface area contributed by atoms with Gasteiger partial charge in [-0.3, -0.25) is 0 Å². The molecule has 84 valence electrons. The van der Waals surface area contributed by atoms with E-state index in [1.165, 1.54) is 0 Å². The molecule has 1 heterocycles. The van der Waals surface area contributed by atoms with Crippen LogP contribution in [0.4, 0.5) is 0 Å². The lowest BCUT2D eigenvalue weighted by molar-refractivity contribution is 1.13. The Morgan fingerprint density at radius 1 is 0.824 bits per heavy atom. The van der Waals surface area contributed by atoms with E-state index in [0.29, 0.717) is 5.15 Å². The minimum atomic E-state index is 0.702. The molecule has 0 radical (unpaired) electrons. The number of para-hydroxylation sites is 1. The van der Waals surface area contributed by atoms with Gasteiger partial charge in [0, 0.05) is 16.1 Å². The fourth-order valence-corrected chi connectivity index (χ4v) is 2.41. The van der Waals surface area contributed by atoms with Gasteiger partial charge in [0.1, 0.15) is 5.15 Å². The third-order valence-corrected chi connectivity index (χ3v) is 3.28. The normalized spacial score (nSPS) is 10.9. The first kappa shape index (κ1) is 10.7. The van der Waals surface area contributed by atoms with Crippen molar-refractivity contribution in [2.24, 2.45) is 0 Å². The summed E-state index contributed by atoms with van der Waals surface area (Å²) in [5, 5.41) is 2.56.